The SMILES string of the molecule is O=C(c1cccs1)N1CCOC2(CCN(Cc3ccncc3)CC2)C1. The number of hydrogen-bond acceptors (Lipinski definition) is 5. The number of carbonyl (C=O) groups excluding carboxylic acids is 1. The van der Waals surface area contributed by atoms with Crippen molar-refractivity contribution in [1.29, 1.82) is 0 Å². The molecule has 132 valence electrons. The first-order chi connectivity index (χ1) is 12.2. The molecule has 2 aromatic rings. The quantitative estimate of drug-likeness (QED) is 0.847. The smallest absolute Gasteiger partial charge is 0.264 e. The van der Waals surface area contributed by atoms with E-state index in [1.807, 2.05) is 34.8 Å². The lowest BCUT2D eigenvalue weighted by Crippen LogP contribution is -2.57. The molecule has 25 heavy (non-hydrogen) atoms. The topological polar surface area (TPSA) is 45.7 Å². The number of pyridine rings is 1. The van der Waals surface area contributed by atoms with Gasteiger partial charge in [0.15, 0.2) is 0 Å². The molecule has 6 heteroatoms. The Morgan fingerprint density at radius 1 is 1.20 bits per heavy atom. The van der Waals surface area contributed by atoms with Crippen LogP contribution in [0.1, 0.15) is 28.1 Å². The molecule has 2 aliphatic rings. The molecule has 0 unspecified atom stereocenters. The fourth-order valence-corrected chi connectivity index (χ4v) is 4.43. The fourth-order valence-electron chi connectivity index (χ4n) is 3.74. The van der Waals surface area contributed by atoms with Crippen molar-refractivity contribution < 1.29 is 9.53 Å². The molecule has 1 spiro atoms. The average Bonchev–Trinajstić information content (AvgIpc) is 3.19. The van der Waals surface area contributed by atoms with Crippen LogP contribution < -0.4 is 0 Å². The molecular formula is C19H23N3O2S. The predicted octanol–water partition coefficient (Wildman–Crippen LogP) is 2.65. The summed E-state index contributed by atoms with van der Waals surface area (Å²) in [5.41, 5.74) is 1.13. The van der Waals surface area contributed by atoms with Gasteiger partial charge in [0, 0.05) is 38.6 Å². The van der Waals surface area contributed by atoms with E-state index in [9.17, 15) is 4.79 Å². The molecule has 2 aliphatic heterocycles. The lowest BCUT2D eigenvalue weighted by Gasteiger charge is -2.47. The third-order valence-electron chi connectivity index (χ3n) is 5.19. The van der Waals surface area contributed by atoms with Crippen molar-refractivity contribution in [2.75, 3.05) is 32.8 Å². The van der Waals surface area contributed by atoms with Crippen LogP contribution in [-0.4, -0.2) is 59.1 Å². The van der Waals surface area contributed by atoms with Crippen LogP contribution in [0, 0.1) is 0 Å². The highest BCUT2D eigenvalue weighted by atomic mass is 32.1. The standard InChI is InChI=1S/C19H23N3O2S/c23-18(17-2-1-13-25-17)22-11-12-24-19(15-22)5-9-21(10-6-19)14-16-3-7-20-8-4-16/h1-4,7-8,13H,5-6,9-12,14-15H2. The van der Waals surface area contributed by atoms with Crippen molar-refractivity contribution in [2.24, 2.45) is 0 Å². The number of nitrogens with zero attached hydrogens (tertiary/aromatic N) is 3. The molecule has 2 saturated heterocycles. The predicted molar refractivity (Wildman–Crippen MR) is 97.7 cm³/mol. The molecule has 4 heterocycles. The summed E-state index contributed by atoms with van der Waals surface area (Å²) in [7, 11) is 0. The Morgan fingerprint density at radius 3 is 2.72 bits per heavy atom. The molecule has 0 bridgehead atoms. The molecule has 5 nitrogen and oxygen atoms in total. The summed E-state index contributed by atoms with van der Waals surface area (Å²) in [6.45, 7) is 5.01. The maximum atomic E-state index is 12.7. The first kappa shape index (κ1) is 16.7. The Bertz CT molecular complexity index is 697. The number of amides is 1. The van der Waals surface area contributed by atoms with E-state index in [1.165, 1.54) is 16.9 Å². The van der Waals surface area contributed by atoms with Crippen molar-refractivity contribution in [2.45, 2.75) is 25.0 Å². The number of aromatic nitrogens is 1. The number of morpholine rings is 1. The van der Waals surface area contributed by atoms with E-state index in [4.69, 9.17) is 4.74 Å². The Labute approximate surface area is 152 Å². The van der Waals surface area contributed by atoms with Gasteiger partial charge in [0.25, 0.3) is 5.91 Å². The summed E-state index contributed by atoms with van der Waals surface area (Å²) in [4.78, 5) is 22.0. The van der Waals surface area contributed by atoms with Crippen LogP contribution in [-0.2, 0) is 11.3 Å². The van der Waals surface area contributed by atoms with Crippen LogP contribution >= 0.6 is 11.3 Å². The van der Waals surface area contributed by atoms with E-state index in [-0.39, 0.29) is 11.5 Å². The maximum Gasteiger partial charge on any atom is 0.264 e. The summed E-state index contributed by atoms with van der Waals surface area (Å²) in [5, 5.41) is 1.96. The van der Waals surface area contributed by atoms with E-state index < -0.39 is 0 Å². The van der Waals surface area contributed by atoms with Gasteiger partial charge in [0.2, 0.25) is 0 Å². The van der Waals surface area contributed by atoms with E-state index >= 15 is 0 Å². The molecule has 0 saturated carbocycles. The monoisotopic (exact) mass is 357 g/mol. The minimum atomic E-state index is -0.167. The Morgan fingerprint density at radius 2 is 2.00 bits per heavy atom. The van der Waals surface area contributed by atoms with Crippen molar-refractivity contribution in [1.82, 2.24) is 14.8 Å². The summed E-state index contributed by atoms with van der Waals surface area (Å²) in [6.07, 6.45) is 5.65. The average molecular weight is 357 g/mol. The van der Waals surface area contributed by atoms with Crippen LogP contribution in [0.25, 0.3) is 0 Å². The Balaban J connectivity index is 1.36. The van der Waals surface area contributed by atoms with Crippen molar-refractivity contribution >= 4 is 17.2 Å². The van der Waals surface area contributed by atoms with Crippen molar-refractivity contribution in [3.05, 3.63) is 52.5 Å². The second-order valence-electron chi connectivity index (χ2n) is 6.87. The third-order valence-corrected chi connectivity index (χ3v) is 6.05. The zero-order chi connectivity index (χ0) is 17.1. The van der Waals surface area contributed by atoms with Crippen LogP contribution in [0.2, 0.25) is 0 Å². The van der Waals surface area contributed by atoms with Gasteiger partial charge in [-0.15, -0.1) is 11.3 Å². The zero-order valence-corrected chi connectivity index (χ0v) is 15.1. The molecule has 2 aromatic heterocycles. The van der Waals surface area contributed by atoms with E-state index in [0.717, 1.165) is 37.4 Å². The lowest BCUT2D eigenvalue weighted by atomic mass is 9.89. The first-order valence-electron chi connectivity index (χ1n) is 8.82. The van der Waals surface area contributed by atoms with Gasteiger partial charge in [0.1, 0.15) is 0 Å². The van der Waals surface area contributed by atoms with E-state index in [0.29, 0.717) is 19.7 Å². The second-order valence-corrected chi connectivity index (χ2v) is 7.81. The highest BCUT2D eigenvalue weighted by Crippen LogP contribution is 2.31. The zero-order valence-electron chi connectivity index (χ0n) is 14.3. The molecule has 0 aromatic carbocycles. The van der Waals surface area contributed by atoms with Gasteiger partial charge in [-0.25, -0.2) is 0 Å². The highest BCUT2D eigenvalue weighted by molar-refractivity contribution is 7.12. The maximum absolute atomic E-state index is 12.7. The largest absolute Gasteiger partial charge is 0.371 e. The van der Waals surface area contributed by atoms with Gasteiger partial charge in [-0.1, -0.05) is 6.07 Å². The van der Waals surface area contributed by atoms with Crippen LogP contribution in [0.5, 0.6) is 0 Å². The van der Waals surface area contributed by atoms with Crippen molar-refractivity contribution in [3.8, 4) is 0 Å². The van der Waals surface area contributed by atoms with Crippen LogP contribution in [0.3, 0.4) is 0 Å². The summed E-state index contributed by atoms with van der Waals surface area (Å²) in [5.74, 6) is 0.150. The number of piperidine rings is 1. The van der Waals surface area contributed by atoms with Gasteiger partial charge < -0.3 is 9.64 Å². The molecule has 1 amide bonds. The first-order valence-corrected chi connectivity index (χ1v) is 9.70. The minimum absolute atomic E-state index is 0.150. The normalized spacial score (nSPS) is 20.7. The summed E-state index contributed by atoms with van der Waals surface area (Å²) >= 11 is 1.52. The van der Waals surface area contributed by atoms with Crippen molar-refractivity contribution in [3.63, 3.8) is 0 Å². The lowest BCUT2D eigenvalue weighted by molar-refractivity contribution is -0.127. The van der Waals surface area contributed by atoms with Gasteiger partial charge in [0.05, 0.1) is 23.6 Å². The number of rotatable bonds is 3. The number of likely N-dealkylation sites (tertiary alicyclic amines) is 1. The number of ether oxygens (including phenoxy) is 1. The Kier molecular flexibility index (Phi) is 4.83. The molecule has 4 rings (SSSR count). The minimum Gasteiger partial charge on any atom is -0.371 e. The van der Waals surface area contributed by atoms with Gasteiger partial charge in [-0.2, -0.15) is 0 Å². The van der Waals surface area contributed by atoms with Gasteiger partial charge >= 0.3 is 0 Å². The summed E-state index contributed by atoms with van der Waals surface area (Å²) in [6, 6.07) is 7.99. The highest BCUT2D eigenvalue weighted by Gasteiger charge is 2.41. The molecule has 0 radical (unpaired) electrons. The van der Waals surface area contributed by atoms with Gasteiger partial charge in [-0.05, 0) is 42.0 Å². The third kappa shape index (κ3) is 3.76. The molecule has 0 N–H and O–H groups in total. The van der Waals surface area contributed by atoms with Crippen LogP contribution in [0.15, 0.2) is 42.0 Å². The fraction of sp³-hybridized carbons (Fsp3) is 0.474. The number of hydrogen-bond donors (Lipinski definition) is 0. The second kappa shape index (κ2) is 7.23. The molecule has 0 atom stereocenters. The number of thiophene rings is 1. The molecular weight excluding hydrogens is 334 g/mol. The number of carbonyl (C=O) groups is 1. The molecule has 2 fully saturated rings. The molecule has 0 aliphatic carbocycles. The van der Waals surface area contributed by atoms with E-state index in [2.05, 4.69) is 22.0 Å². The van der Waals surface area contributed by atoms with Crippen LogP contribution in [0.4, 0.5) is 0 Å². The van der Waals surface area contributed by atoms with Gasteiger partial charge in [-0.3, -0.25) is 14.7 Å². The summed E-state index contributed by atoms with van der Waals surface area (Å²) < 4.78 is 6.18. The Hall–Kier alpha value is -1.76. The van der Waals surface area contributed by atoms with E-state index in [1.54, 1.807) is 0 Å².